The molecule has 30 heavy (non-hydrogen) atoms. The highest BCUT2D eigenvalue weighted by Crippen LogP contribution is 2.35. The van der Waals surface area contributed by atoms with Gasteiger partial charge in [-0.2, -0.15) is 0 Å². The second kappa shape index (κ2) is 8.32. The van der Waals surface area contributed by atoms with Gasteiger partial charge in [0.25, 0.3) is 0 Å². The quantitative estimate of drug-likeness (QED) is 0.823. The van der Waals surface area contributed by atoms with E-state index in [1.807, 2.05) is 30.3 Å². The number of nitrogens with one attached hydrogen (secondary N) is 1. The third-order valence-electron chi connectivity index (χ3n) is 5.57. The summed E-state index contributed by atoms with van der Waals surface area (Å²) in [7, 11) is 0. The van der Waals surface area contributed by atoms with Gasteiger partial charge in [0, 0.05) is 36.8 Å². The zero-order chi connectivity index (χ0) is 21.3. The summed E-state index contributed by atoms with van der Waals surface area (Å²) >= 11 is 6.34. The summed E-state index contributed by atoms with van der Waals surface area (Å²) in [5.41, 5.74) is 2.49. The van der Waals surface area contributed by atoms with Crippen LogP contribution in [0.3, 0.4) is 0 Å². The van der Waals surface area contributed by atoms with E-state index in [0.29, 0.717) is 23.7 Å². The highest BCUT2D eigenvalue weighted by molar-refractivity contribution is 6.31. The van der Waals surface area contributed by atoms with Gasteiger partial charge >= 0.3 is 0 Å². The minimum Gasteiger partial charge on any atom is -0.352 e. The lowest BCUT2D eigenvalue weighted by Crippen LogP contribution is -2.52. The molecule has 1 fully saturated rings. The number of carbonyl (C=O) groups is 3. The van der Waals surface area contributed by atoms with E-state index in [0.717, 1.165) is 11.1 Å². The molecule has 3 amide bonds. The fraction of sp³-hybridized carbons (Fsp3) is 0.261. The molecule has 0 aromatic heterocycles. The van der Waals surface area contributed by atoms with Crippen molar-refractivity contribution in [3.05, 3.63) is 76.4 Å². The van der Waals surface area contributed by atoms with Crippen molar-refractivity contribution in [2.75, 3.05) is 13.1 Å². The number of nitrogens with zero attached hydrogens (tertiary/aromatic N) is 2. The van der Waals surface area contributed by atoms with E-state index in [1.54, 1.807) is 40.3 Å². The number of carbonyl (C=O) groups excluding carboxylic acids is 3. The topological polar surface area (TPSA) is 69.7 Å². The fourth-order valence-corrected chi connectivity index (χ4v) is 4.38. The predicted molar refractivity (Wildman–Crippen MR) is 114 cm³/mol. The van der Waals surface area contributed by atoms with Crippen molar-refractivity contribution in [3.63, 3.8) is 0 Å². The molecule has 2 atom stereocenters. The van der Waals surface area contributed by atoms with Crippen molar-refractivity contribution < 1.29 is 14.4 Å². The molecule has 2 heterocycles. The van der Waals surface area contributed by atoms with Gasteiger partial charge in [-0.3, -0.25) is 14.4 Å². The predicted octanol–water partition coefficient (Wildman–Crippen LogP) is 3.30. The second-order valence-corrected chi connectivity index (χ2v) is 7.80. The van der Waals surface area contributed by atoms with Crippen LogP contribution < -0.4 is 5.32 Å². The van der Waals surface area contributed by atoms with Gasteiger partial charge in [0.2, 0.25) is 17.7 Å². The van der Waals surface area contributed by atoms with E-state index in [4.69, 9.17) is 11.6 Å². The molecule has 0 spiro atoms. The molecule has 2 aliphatic rings. The Bertz CT molecular complexity index is 1040. The van der Waals surface area contributed by atoms with Crippen molar-refractivity contribution in [1.82, 2.24) is 15.1 Å². The molecule has 2 aromatic rings. The molecular weight excluding hydrogens is 402 g/mol. The summed E-state index contributed by atoms with van der Waals surface area (Å²) in [6.45, 7) is 2.24. The van der Waals surface area contributed by atoms with E-state index in [2.05, 4.69) is 5.32 Å². The number of halogens is 1. The Morgan fingerprint density at radius 2 is 1.80 bits per heavy atom. The molecule has 154 valence electrons. The minimum atomic E-state index is -0.792. The monoisotopic (exact) mass is 423 g/mol. The fourth-order valence-electron chi connectivity index (χ4n) is 4.14. The van der Waals surface area contributed by atoms with Crippen LogP contribution in [0.15, 0.2) is 54.7 Å². The summed E-state index contributed by atoms with van der Waals surface area (Å²) in [4.78, 5) is 41.5. The largest absolute Gasteiger partial charge is 0.352 e. The molecule has 4 rings (SSSR count). The Morgan fingerprint density at radius 1 is 1.10 bits per heavy atom. The molecule has 7 heteroatoms. The first-order chi connectivity index (χ1) is 14.5. The number of fused-ring (bicyclic) bond motifs is 1. The van der Waals surface area contributed by atoms with Crippen LogP contribution in [0.25, 0.3) is 6.08 Å². The van der Waals surface area contributed by atoms with Gasteiger partial charge < -0.3 is 15.1 Å². The van der Waals surface area contributed by atoms with Crippen LogP contribution in [-0.4, -0.2) is 40.6 Å². The summed E-state index contributed by atoms with van der Waals surface area (Å²) in [5.74, 6) is -0.594. The lowest BCUT2D eigenvalue weighted by molar-refractivity contribution is -0.145. The van der Waals surface area contributed by atoms with Crippen molar-refractivity contribution in [2.45, 2.75) is 25.4 Å². The molecule has 2 aromatic carbocycles. The highest BCUT2D eigenvalue weighted by atomic mass is 35.5. The van der Waals surface area contributed by atoms with Crippen molar-refractivity contribution in [2.24, 2.45) is 0 Å². The van der Waals surface area contributed by atoms with E-state index in [9.17, 15) is 14.4 Å². The lowest BCUT2D eigenvalue weighted by Gasteiger charge is -2.38. The van der Waals surface area contributed by atoms with Gasteiger partial charge in [0.1, 0.15) is 6.04 Å². The Labute approximate surface area is 180 Å². The number of amides is 3. The maximum Gasteiger partial charge on any atom is 0.247 e. The SMILES string of the molecule is CC(=O)N1C=Cc2ccccc2[C@H]1CC(=O)N1CCNC(=O)[C@@H]1c1ccccc1Cl. The van der Waals surface area contributed by atoms with Gasteiger partial charge in [0.15, 0.2) is 0 Å². The van der Waals surface area contributed by atoms with Crippen molar-refractivity contribution >= 4 is 35.4 Å². The van der Waals surface area contributed by atoms with Gasteiger partial charge in [-0.05, 0) is 23.3 Å². The van der Waals surface area contributed by atoms with Gasteiger partial charge in [-0.25, -0.2) is 0 Å². The van der Waals surface area contributed by atoms with E-state index < -0.39 is 12.1 Å². The molecule has 0 saturated carbocycles. The third kappa shape index (κ3) is 3.71. The van der Waals surface area contributed by atoms with Crippen LogP contribution in [0.2, 0.25) is 5.02 Å². The molecule has 0 aliphatic carbocycles. The summed E-state index contributed by atoms with van der Waals surface area (Å²) in [6.07, 6.45) is 3.67. The maximum absolute atomic E-state index is 13.4. The van der Waals surface area contributed by atoms with Crippen LogP contribution >= 0.6 is 11.6 Å². The van der Waals surface area contributed by atoms with E-state index >= 15 is 0 Å². The summed E-state index contributed by atoms with van der Waals surface area (Å²) in [6, 6.07) is 13.6. The number of piperazine rings is 1. The Hall–Kier alpha value is -3.12. The Morgan fingerprint density at radius 3 is 2.53 bits per heavy atom. The van der Waals surface area contributed by atoms with E-state index in [-0.39, 0.29) is 24.1 Å². The minimum absolute atomic E-state index is 0.0785. The first kappa shape index (κ1) is 20.2. The van der Waals surface area contributed by atoms with Crippen LogP contribution in [0.1, 0.15) is 42.1 Å². The molecule has 0 radical (unpaired) electrons. The summed E-state index contributed by atoms with van der Waals surface area (Å²) < 4.78 is 0. The molecule has 6 nitrogen and oxygen atoms in total. The van der Waals surface area contributed by atoms with Gasteiger partial charge in [0.05, 0.1) is 12.5 Å². The first-order valence-electron chi connectivity index (χ1n) is 9.85. The Kier molecular flexibility index (Phi) is 5.59. The molecular formula is C23H22ClN3O3. The maximum atomic E-state index is 13.4. The molecule has 2 aliphatic heterocycles. The van der Waals surface area contributed by atoms with E-state index in [1.165, 1.54) is 6.92 Å². The van der Waals surface area contributed by atoms with Crippen LogP contribution in [0.4, 0.5) is 0 Å². The van der Waals surface area contributed by atoms with Crippen molar-refractivity contribution in [1.29, 1.82) is 0 Å². The normalized spacial score (nSPS) is 20.5. The summed E-state index contributed by atoms with van der Waals surface area (Å²) in [5, 5.41) is 3.26. The van der Waals surface area contributed by atoms with Crippen LogP contribution in [-0.2, 0) is 14.4 Å². The average molecular weight is 424 g/mol. The molecule has 0 unspecified atom stereocenters. The Balaban J connectivity index is 1.66. The smallest absolute Gasteiger partial charge is 0.247 e. The highest BCUT2D eigenvalue weighted by Gasteiger charge is 2.38. The lowest BCUT2D eigenvalue weighted by atomic mass is 9.92. The molecule has 1 saturated heterocycles. The number of benzene rings is 2. The zero-order valence-electron chi connectivity index (χ0n) is 16.5. The van der Waals surface area contributed by atoms with Crippen molar-refractivity contribution in [3.8, 4) is 0 Å². The number of hydrogen-bond donors (Lipinski definition) is 1. The second-order valence-electron chi connectivity index (χ2n) is 7.39. The number of rotatable bonds is 3. The first-order valence-corrected chi connectivity index (χ1v) is 10.2. The molecule has 1 N–H and O–H groups in total. The van der Waals surface area contributed by atoms with Gasteiger partial charge in [-0.1, -0.05) is 54.1 Å². The molecule has 0 bridgehead atoms. The van der Waals surface area contributed by atoms with Crippen LogP contribution in [0, 0.1) is 0 Å². The zero-order valence-corrected chi connectivity index (χ0v) is 17.3. The average Bonchev–Trinajstić information content (AvgIpc) is 2.74. The third-order valence-corrected chi connectivity index (χ3v) is 5.91. The standard InChI is InChI=1S/C23H22ClN3O3/c1-15(28)26-12-10-16-6-2-3-7-17(16)20(26)14-21(29)27-13-11-25-23(30)22(27)18-8-4-5-9-19(18)24/h2-10,12,20,22H,11,13-14H2,1H3,(H,25,30)/t20-,22+/m1/s1. The van der Waals surface area contributed by atoms with Crippen LogP contribution in [0.5, 0.6) is 0 Å². The van der Waals surface area contributed by atoms with Gasteiger partial charge in [-0.15, -0.1) is 0 Å². The number of hydrogen-bond acceptors (Lipinski definition) is 3.